The van der Waals surface area contributed by atoms with Gasteiger partial charge in [-0.3, -0.25) is 0 Å². The van der Waals surface area contributed by atoms with Gasteiger partial charge in [-0.1, -0.05) is 0 Å². The van der Waals surface area contributed by atoms with E-state index < -0.39 is 23.2 Å². The average Bonchev–Trinajstić information content (AvgIpc) is 3.36. The van der Waals surface area contributed by atoms with Crippen LogP contribution in [0.5, 0.6) is 0 Å². The first-order valence-electron chi connectivity index (χ1n) is 9.41. The molecule has 0 atom stereocenters. The summed E-state index contributed by atoms with van der Waals surface area (Å²) >= 11 is -0.797. The predicted molar refractivity (Wildman–Crippen MR) is 111 cm³/mol. The molecule has 0 radical (unpaired) electrons. The zero-order valence-corrected chi connectivity index (χ0v) is 20.0. The molecule has 0 fully saturated rings. The molecule has 2 aromatic rings. The minimum Gasteiger partial charge on any atom is -1.00 e. The zero-order chi connectivity index (χ0) is 18.3. The van der Waals surface area contributed by atoms with Crippen LogP contribution in [-0.2, 0) is 36.1 Å². The number of rotatable bonds is 6. The van der Waals surface area contributed by atoms with Crippen LogP contribution in [0.3, 0.4) is 0 Å². The Bertz CT molecular complexity index is 896. The quantitative estimate of drug-likeness (QED) is 0.541. The predicted octanol–water partition coefficient (Wildman–Crippen LogP) is 0.323. The molecule has 0 nitrogen and oxygen atoms in total. The van der Waals surface area contributed by atoms with E-state index in [9.17, 15) is 0 Å². The van der Waals surface area contributed by atoms with E-state index in [4.69, 9.17) is 0 Å². The van der Waals surface area contributed by atoms with Gasteiger partial charge in [-0.15, -0.1) is 0 Å². The Balaban J connectivity index is 0.00000150. The van der Waals surface area contributed by atoms with Gasteiger partial charge in [-0.2, -0.15) is 0 Å². The first kappa shape index (κ1) is 23.6. The van der Waals surface area contributed by atoms with Crippen molar-refractivity contribution in [3.8, 4) is 0 Å². The van der Waals surface area contributed by atoms with E-state index in [2.05, 4.69) is 109 Å². The number of benzene rings is 2. The van der Waals surface area contributed by atoms with Crippen molar-refractivity contribution in [2.45, 2.75) is 12.8 Å². The Hall–Kier alpha value is -1.66. The maximum atomic E-state index is 2.39. The van der Waals surface area contributed by atoms with E-state index in [0.717, 1.165) is 12.8 Å². The fourth-order valence-electron chi connectivity index (χ4n) is 3.28. The number of hydrogen-bond acceptors (Lipinski definition) is 0. The van der Waals surface area contributed by atoms with Gasteiger partial charge >= 0.3 is 174 Å². The molecule has 0 aliphatic heterocycles. The van der Waals surface area contributed by atoms with E-state index in [1.807, 2.05) is 0 Å². The van der Waals surface area contributed by atoms with Gasteiger partial charge in [0, 0.05) is 0 Å². The molecule has 3 heteroatoms. The van der Waals surface area contributed by atoms with Crippen molar-refractivity contribution in [3.05, 3.63) is 138 Å². The first-order chi connectivity index (χ1) is 13.4. The Morgan fingerprint density at radius 1 is 0.586 bits per heavy atom. The van der Waals surface area contributed by atoms with Gasteiger partial charge in [-0.25, -0.2) is 0 Å². The van der Waals surface area contributed by atoms with Gasteiger partial charge in [0.05, 0.1) is 0 Å². The molecule has 0 N–H and O–H groups in total. The van der Waals surface area contributed by atoms with Crippen LogP contribution in [0, 0.1) is 0 Å². The molecule has 144 valence electrons. The third-order valence-corrected chi connectivity index (χ3v) is 8.33. The Kier molecular flexibility index (Phi) is 9.88. The van der Waals surface area contributed by atoms with E-state index in [1.54, 1.807) is 6.56 Å². The summed E-state index contributed by atoms with van der Waals surface area (Å²) in [6, 6.07) is 21.4. The average molecular weight is 497 g/mol. The Labute approximate surface area is 197 Å². The molecule has 0 aromatic heterocycles. The molecular formula is C26H22Cl2Zr. The maximum Gasteiger partial charge on any atom is -1.00 e. The third kappa shape index (κ3) is 6.68. The molecule has 0 saturated carbocycles. The minimum atomic E-state index is -0.797. The van der Waals surface area contributed by atoms with Gasteiger partial charge in [0.1, 0.15) is 0 Å². The largest absolute Gasteiger partial charge is 1.00 e. The topological polar surface area (TPSA) is 0 Å². The van der Waals surface area contributed by atoms with Crippen molar-refractivity contribution in [3.63, 3.8) is 0 Å². The second kappa shape index (κ2) is 12.1. The molecule has 0 unspecified atom stereocenters. The summed E-state index contributed by atoms with van der Waals surface area (Å²) in [6.07, 6.45) is 20.4. The molecule has 0 saturated heterocycles. The summed E-state index contributed by atoms with van der Waals surface area (Å²) < 4.78 is 3.16. The zero-order valence-electron chi connectivity index (χ0n) is 16.1. The van der Waals surface area contributed by atoms with Gasteiger partial charge < -0.3 is 24.8 Å². The van der Waals surface area contributed by atoms with E-state index in [-0.39, 0.29) is 24.8 Å². The summed E-state index contributed by atoms with van der Waals surface area (Å²) in [5, 5.41) is 0. The summed E-state index contributed by atoms with van der Waals surface area (Å²) in [7, 11) is 0. The minimum absolute atomic E-state index is 0. The van der Waals surface area contributed by atoms with Crippen molar-refractivity contribution >= 4 is 0 Å². The van der Waals surface area contributed by atoms with Crippen molar-refractivity contribution < 1.29 is 48.0 Å². The fraction of sp³-hybridized carbons (Fsp3) is 0.0769. The Morgan fingerprint density at radius 2 is 1.00 bits per heavy atom. The SMILES string of the molecule is C1=CC(=CCc2ccccc2)[C]([Zr+2][C]2=CC=CC2=CCc2ccccc2)=C1.[Cl-].[Cl-]. The number of halogens is 2. The van der Waals surface area contributed by atoms with Crippen LogP contribution in [0.4, 0.5) is 0 Å². The maximum absolute atomic E-state index is 2.39. The van der Waals surface area contributed by atoms with Gasteiger partial charge in [0.15, 0.2) is 0 Å². The molecule has 0 bridgehead atoms. The molecular weight excluding hydrogens is 474 g/mol. The van der Waals surface area contributed by atoms with Crippen molar-refractivity contribution in [2.24, 2.45) is 0 Å². The summed E-state index contributed by atoms with van der Waals surface area (Å²) in [4.78, 5) is 0. The van der Waals surface area contributed by atoms with Crippen molar-refractivity contribution in [1.29, 1.82) is 0 Å². The molecule has 2 aliphatic rings. The molecule has 29 heavy (non-hydrogen) atoms. The molecule has 0 amide bonds. The molecule has 2 aliphatic carbocycles. The first-order valence-corrected chi connectivity index (χ1v) is 11.9. The second-order valence-electron chi connectivity index (χ2n) is 6.70. The van der Waals surface area contributed by atoms with Crippen LogP contribution in [0.2, 0.25) is 0 Å². The normalized spacial score (nSPS) is 16.8. The van der Waals surface area contributed by atoms with Crippen LogP contribution in [0.1, 0.15) is 11.1 Å². The summed E-state index contributed by atoms with van der Waals surface area (Å²) in [5.74, 6) is 0. The van der Waals surface area contributed by atoms with Gasteiger partial charge in [-0.05, 0) is 0 Å². The van der Waals surface area contributed by atoms with Gasteiger partial charge in [0.25, 0.3) is 0 Å². The van der Waals surface area contributed by atoms with Crippen molar-refractivity contribution in [1.82, 2.24) is 0 Å². The van der Waals surface area contributed by atoms with Crippen LogP contribution in [-0.4, -0.2) is 0 Å². The fourth-order valence-corrected chi connectivity index (χ4v) is 6.50. The third-order valence-electron chi connectivity index (χ3n) is 4.77. The summed E-state index contributed by atoms with van der Waals surface area (Å²) in [5.41, 5.74) is 5.61. The molecule has 2 aromatic carbocycles. The smallest absolute Gasteiger partial charge is 1.00 e. The van der Waals surface area contributed by atoms with E-state index >= 15 is 0 Å². The van der Waals surface area contributed by atoms with Gasteiger partial charge in [0.2, 0.25) is 0 Å². The van der Waals surface area contributed by atoms with Crippen molar-refractivity contribution in [2.75, 3.05) is 0 Å². The monoisotopic (exact) mass is 494 g/mol. The standard InChI is InChI=1S/2C13H11.2ClH.Zr/c2*1-2-6-12(7-3-1)10-11-13-8-4-5-9-13;;;/h2*1-8,11H,10H2;2*1H;/q;;;;+2/p-2. The van der Waals surface area contributed by atoms with Crippen LogP contribution in [0.15, 0.2) is 127 Å². The second-order valence-corrected chi connectivity index (χ2v) is 9.96. The van der Waals surface area contributed by atoms with Crippen LogP contribution < -0.4 is 24.8 Å². The number of allylic oxidation sites excluding steroid dienone is 12. The van der Waals surface area contributed by atoms with Crippen LogP contribution in [0.25, 0.3) is 0 Å². The molecule has 0 heterocycles. The van der Waals surface area contributed by atoms with E-state index in [1.165, 1.54) is 22.3 Å². The van der Waals surface area contributed by atoms with Crippen LogP contribution >= 0.6 is 0 Å². The molecule has 0 spiro atoms. The Morgan fingerprint density at radius 3 is 1.41 bits per heavy atom. The number of hydrogen-bond donors (Lipinski definition) is 0. The molecule has 4 rings (SSSR count). The summed E-state index contributed by atoms with van der Waals surface area (Å²) in [6.45, 7) is 0. The van der Waals surface area contributed by atoms with E-state index in [0.29, 0.717) is 0 Å².